The Kier molecular flexibility index (Phi) is 4.95. The minimum Gasteiger partial charge on any atom is -0.497 e. The zero-order chi connectivity index (χ0) is 18.7. The molecule has 3 aromatic rings. The Balaban J connectivity index is 1.85. The van der Waals surface area contributed by atoms with E-state index in [9.17, 15) is 8.42 Å². The molecule has 0 atom stereocenters. The van der Waals surface area contributed by atoms with Crippen molar-refractivity contribution in [3.8, 4) is 5.75 Å². The van der Waals surface area contributed by atoms with Crippen molar-refractivity contribution in [1.29, 1.82) is 0 Å². The maximum Gasteiger partial charge on any atom is 0.276 e. The first kappa shape index (κ1) is 17.9. The number of nitrogens with one attached hydrogen (secondary N) is 1. The van der Waals surface area contributed by atoms with Crippen LogP contribution in [0.15, 0.2) is 70.7 Å². The molecule has 0 radical (unpaired) electrons. The Bertz CT molecular complexity index is 1070. The number of rotatable bonds is 5. The van der Waals surface area contributed by atoms with E-state index in [1.54, 1.807) is 38.3 Å². The van der Waals surface area contributed by atoms with Crippen molar-refractivity contribution in [3.05, 3.63) is 71.8 Å². The second-order valence-corrected chi connectivity index (χ2v) is 7.69. The van der Waals surface area contributed by atoms with Crippen LogP contribution >= 0.6 is 0 Å². The van der Waals surface area contributed by atoms with E-state index < -0.39 is 10.0 Å². The summed E-state index contributed by atoms with van der Waals surface area (Å²) in [6.45, 7) is 3.67. The largest absolute Gasteiger partial charge is 0.497 e. The zero-order valence-corrected chi connectivity index (χ0v) is 15.7. The lowest BCUT2D eigenvalue weighted by molar-refractivity contribution is 0.415. The molecule has 0 amide bonds. The monoisotopic (exact) mass is 368 g/mol. The van der Waals surface area contributed by atoms with Crippen molar-refractivity contribution in [2.45, 2.75) is 18.7 Å². The van der Waals surface area contributed by atoms with Gasteiger partial charge in [0.05, 0.1) is 17.7 Å². The summed E-state index contributed by atoms with van der Waals surface area (Å²) in [5.41, 5.74) is 2.42. The Hall–Kier alpha value is -2.86. The number of hydrazone groups is 1. The summed E-state index contributed by atoms with van der Waals surface area (Å²) in [6, 6.07) is 18.3. The first-order chi connectivity index (χ1) is 12.4. The van der Waals surface area contributed by atoms with Gasteiger partial charge in [-0.15, -0.1) is 0 Å². The fourth-order valence-electron chi connectivity index (χ4n) is 2.54. The van der Waals surface area contributed by atoms with E-state index in [1.165, 1.54) is 0 Å². The van der Waals surface area contributed by atoms with Gasteiger partial charge in [-0.3, -0.25) is 0 Å². The van der Waals surface area contributed by atoms with Gasteiger partial charge in [0.25, 0.3) is 10.0 Å². The highest BCUT2D eigenvalue weighted by atomic mass is 32.2. The fraction of sp³-hybridized carbons (Fsp3) is 0.150. The van der Waals surface area contributed by atoms with Crippen LogP contribution in [0.3, 0.4) is 0 Å². The average Bonchev–Trinajstić information content (AvgIpc) is 2.65. The van der Waals surface area contributed by atoms with E-state index in [0.717, 1.165) is 27.6 Å². The number of aryl methyl sites for hydroxylation is 1. The summed E-state index contributed by atoms with van der Waals surface area (Å²) >= 11 is 0. The lowest BCUT2D eigenvalue weighted by Crippen LogP contribution is -2.19. The highest BCUT2D eigenvalue weighted by Crippen LogP contribution is 2.22. The van der Waals surface area contributed by atoms with Gasteiger partial charge in [0.15, 0.2) is 0 Å². The van der Waals surface area contributed by atoms with Crippen LogP contribution in [0.5, 0.6) is 5.75 Å². The normalized spacial score (nSPS) is 12.2. The van der Waals surface area contributed by atoms with E-state index >= 15 is 0 Å². The van der Waals surface area contributed by atoms with E-state index in [-0.39, 0.29) is 4.90 Å². The van der Waals surface area contributed by atoms with Gasteiger partial charge in [-0.1, -0.05) is 35.9 Å². The van der Waals surface area contributed by atoms with Gasteiger partial charge < -0.3 is 4.74 Å². The fourth-order valence-corrected chi connectivity index (χ4v) is 3.40. The Morgan fingerprint density at radius 2 is 1.62 bits per heavy atom. The van der Waals surface area contributed by atoms with Gasteiger partial charge in [-0.05, 0) is 60.5 Å². The van der Waals surface area contributed by atoms with E-state index in [1.807, 2.05) is 43.3 Å². The number of hydrogen-bond acceptors (Lipinski definition) is 4. The minimum atomic E-state index is -3.69. The highest BCUT2D eigenvalue weighted by Gasteiger charge is 2.12. The Labute approximate surface area is 153 Å². The molecule has 1 N–H and O–H groups in total. The number of fused-ring (bicyclic) bond motifs is 1. The quantitative estimate of drug-likeness (QED) is 0.549. The third kappa shape index (κ3) is 3.86. The molecule has 0 spiro atoms. The molecular formula is C20H20N2O3S. The molecule has 26 heavy (non-hydrogen) atoms. The summed E-state index contributed by atoms with van der Waals surface area (Å²) in [5.74, 6) is 0.793. The van der Waals surface area contributed by atoms with Crippen LogP contribution in [-0.4, -0.2) is 21.2 Å². The van der Waals surface area contributed by atoms with Crippen LogP contribution in [0.4, 0.5) is 0 Å². The third-order valence-electron chi connectivity index (χ3n) is 4.13. The smallest absolute Gasteiger partial charge is 0.276 e. The van der Waals surface area contributed by atoms with Crippen molar-refractivity contribution < 1.29 is 13.2 Å². The molecule has 6 heteroatoms. The molecule has 0 aliphatic carbocycles. The summed E-state index contributed by atoms with van der Waals surface area (Å²) in [7, 11) is -2.05. The van der Waals surface area contributed by atoms with Crippen LogP contribution in [0.1, 0.15) is 18.1 Å². The predicted octanol–water partition coefficient (Wildman–Crippen LogP) is 3.86. The van der Waals surface area contributed by atoms with E-state index in [2.05, 4.69) is 9.93 Å². The van der Waals surface area contributed by atoms with Gasteiger partial charge in [0.1, 0.15) is 5.75 Å². The molecule has 0 bridgehead atoms. The van der Waals surface area contributed by atoms with Crippen LogP contribution < -0.4 is 9.57 Å². The van der Waals surface area contributed by atoms with Gasteiger partial charge in [0.2, 0.25) is 0 Å². The van der Waals surface area contributed by atoms with Crippen LogP contribution in [-0.2, 0) is 10.0 Å². The molecule has 3 rings (SSSR count). The summed E-state index contributed by atoms with van der Waals surface area (Å²) in [6.07, 6.45) is 0. The summed E-state index contributed by atoms with van der Waals surface area (Å²) in [4.78, 5) is 2.48. The number of nitrogens with zero attached hydrogens (tertiary/aromatic N) is 1. The Morgan fingerprint density at radius 3 is 2.31 bits per heavy atom. The van der Waals surface area contributed by atoms with Gasteiger partial charge in [-0.25, -0.2) is 0 Å². The van der Waals surface area contributed by atoms with Crippen molar-refractivity contribution in [1.82, 2.24) is 4.83 Å². The van der Waals surface area contributed by atoms with Crippen molar-refractivity contribution in [3.63, 3.8) is 0 Å². The van der Waals surface area contributed by atoms with Gasteiger partial charge >= 0.3 is 0 Å². The second-order valence-electron chi connectivity index (χ2n) is 6.03. The SMILES string of the molecule is COc1ccc2cc(/C(C)=N/NS(=O)(=O)c3ccc(C)cc3)ccc2c1. The van der Waals surface area contributed by atoms with Gasteiger partial charge in [0, 0.05) is 0 Å². The topological polar surface area (TPSA) is 67.8 Å². The minimum absolute atomic E-state index is 0.185. The van der Waals surface area contributed by atoms with Gasteiger partial charge in [-0.2, -0.15) is 18.4 Å². The third-order valence-corrected chi connectivity index (χ3v) is 5.35. The molecule has 0 heterocycles. The number of benzene rings is 3. The van der Waals surface area contributed by atoms with E-state index in [4.69, 9.17) is 4.74 Å². The predicted molar refractivity (Wildman–Crippen MR) is 104 cm³/mol. The summed E-state index contributed by atoms with van der Waals surface area (Å²) in [5, 5.41) is 6.13. The molecule has 0 fully saturated rings. The molecule has 0 aliphatic heterocycles. The van der Waals surface area contributed by atoms with Crippen molar-refractivity contribution in [2.75, 3.05) is 7.11 Å². The number of sulfonamides is 1. The van der Waals surface area contributed by atoms with E-state index in [0.29, 0.717) is 5.71 Å². The first-order valence-corrected chi connectivity index (χ1v) is 9.58. The van der Waals surface area contributed by atoms with Crippen molar-refractivity contribution in [2.24, 2.45) is 5.10 Å². The maximum absolute atomic E-state index is 12.3. The molecule has 0 saturated carbocycles. The molecular weight excluding hydrogens is 348 g/mol. The molecule has 0 saturated heterocycles. The number of hydrogen-bond donors (Lipinski definition) is 1. The lowest BCUT2D eigenvalue weighted by atomic mass is 10.0. The molecule has 0 aromatic heterocycles. The Morgan fingerprint density at radius 1 is 0.962 bits per heavy atom. The highest BCUT2D eigenvalue weighted by molar-refractivity contribution is 7.89. The van der Waals surface area contributed by atoms with Crippen LogP contribution in [0.25, 0.3) is 10.8 Å². The molecule has 3 aromatic carbocycles. The molecule has 0 unspecified atom stereocenters. The second kappa shape index (κ2) is 7.17. The van der Waals surface area contributed by atoms with Crippen LogP contribution in [0.2, 0.25) is 0 Å². The van der Waals surface area contributed by atoms with Crippen LogP contribution in [0, 0.1) is 6.92 Å². The maximum atomic E-state index is 12.3. The standard InChI is InChI=1S/C20H20N2O3S/c1-14-4-10-20(11-5-14)26(23,24)22-21-15(2)16-6-7-18-13-19(25-3)9-8-17(18)12-16/h4-13,22H,1-3H3/b21-15+. The number of methoxy groups -OCH3 is 1. The first-order valence-electron chi connectivity index (χ1n) is 8.10. The average molecular weight is 368 g/mol. The molecule has 134 valence electrons. The molecule has 5 nitrogen and oxygen atoms in total. The zero-order valence-electron chi connectivity index (χ0n) is 14.9. The van der Waals surface area contributed by atoms with Crippen molar-refractivity contribution >= 4 is 26.5 Å². The molecule has 0 aliphatic rings. The summed E-state index contributed by atoms with van der Waals surface area (Å²) < 4.78 is 29.9. The number of ether oxygens (including phenoxy) is 1. The lowest BCUT2D eigenvalue weighted by Gasteiger charge is -2.07.